The maximum atomic E-state index is 11.9. The first-order valence-corrected chi connectivity index (χ1v) is 7.51. The van der Waals surface area contributed by atoms with Crippen LogP contribution < -0.4 is 5.32 Å². The van der Waals surface area contributed by atoms with Crippen molar-refractivity contribution < 1.29 is 9.59 Å². The highest BCUT2D eigenvalue weighted by molar-refractivity contribution is 5.91. The predicted molar refractivity (Wildman–Crippen MR) is 81.2 cm³/mol. The van der Waals surface area contributed by atoms with Crippen molar-refractivity contribution in [2.45, 2.75) is 32.4 Å². The minimum atomic E-state index is -0.249. The molecule has 2 aromatic rings. The van der Waals surface area contributed by atoms with Crippen LogP contribution in [0.3, 0.4) is 0 Å². The first-order valence-electron chi connectivity index (χ1n) is 7.51. The fourth-order valence-electron chi connectivity index (χ4n) is 2.77. The monoisotopic (exact) mass is 314 g/mol. The average molecular weight is 314 g/mol. The van der Waals surface area contributed by atoms with E-state index in [0.29, 0.717) is 11.4 Å². The molecule has 1 aliphatic rings. The van der Waals surface area contributed by atoms with Gasteiger partial charge in [0, 0.05) is 19.7 Å². The minimum absolute atomic E-state index is 0.0248. The molecule has 3 rings (SSSR count). The fourth-order valence-corrected chi connectivity index (χ4v) is 2.77. The molecule has 0 bridgehead atoms. The number of carbonyl (C=O) groups is 2. The van der Waals surface area contributed by atoms with Gasteiger partial charge in [0.05, 0.1) is 36.4 Å². The summed E-state index contributed by atoms with van der Waals surface area (Å²) in [6.45, 7) is 2.59. The second-order valence-electron chi connectivity index (χ2n) is 5.46. The van der Waals surface area contributed by atoms with Gasteiger partial charge in [0.15, 0.2) is 0 Å². The molecule has 1 fully saturated rings. The molecule has 1 atom stereocenters. The fraction of sp³-hybridized carbons (Fsp3) is 0.400. The lowest BCUT2D eigenvalue weighted by molar-refractivity contribution is -0.129. The van der Waals surface area contributed by atoms with Gasteiger partial charge in [0.1, 0.15) is 5.69 Å². The van der Waals surface area contributed by atoms with E-state index in [9.17, 15) is 9.59 Å². The Labute approximate surface area is 133 Å². The van der Waals surface area contributed by atoms with Crippen molar-refractivity contribution in [2.24, 2.45) is 0 Å². The lowest BCUT2D eigenvalue weighted by atomic mass is 10.1. The van der Waals surface area contributed by atoms with Crippen LogP contribution in [0.15, 0.2) is 24.7 Å². The number of hydrogen-bond donors (Lipinski definition) is 2. The van der Waals surface area contributed by atoms with Gasteiger partial charge < -0.3 is 10.2 Å². The molecule has 2 N–H and O–H groups in total. The maximum absolute atomic E-state index is 11.9. The van der Waals surface area contributed by atoms with Gasteiger partial charge in [0.25, 0.3) is 5.91 Å². The summed E-state index contributed by atoms with van der Waals surface area (Å²) in [6.07, 6.45) is 6.67. The number of hydrogen-bond acceptors (Lipinski definition) is 5. The Kier molecular flexibility index (Phi) is 4.31. The molecule has 0 aliphatic carbocycles. The Morgan fingerprint density at radius 1 is 1.43 bits per heavy atom. The van der Waals surface area contributed by atoms with Gasteiger partial charge >= 0.3 is 0 Å². The molecule has 0 saturated carbocycles. The largest absolute Gasteiger partial charge is 0.345 e. The number of nitrogens with zero attached hydrogens (tertiary/aromatic N) is 4. The van der Waals surface area contributed by atoms with Crippen molar-refractivity contribution in [3.8, 4) is 0 Å². The maximum Gasteiger partial charge on any atom is 0.269 e. The number of nitrogens with one attached hydrogen (secondary N) is 2. The van der Waals surface area contributed by atoms with Crippen molar-refractivity contribution in [3.05, 3.63) is 41.7 Å². The van der Waals surface area contributed by atoms with Gasteiger partial charge in [-0.05, 0) is 18.9 Å². The number of likely N-dealkylation sites (tertiary alicyclic amines) is 1. The van der Waals surface area contributed by atoms with Gasteiger partial charge in [-0.25, -0.2) is 0 Å². The molecule has 2 aromatic heterocycles. The van der Waals surface area contributed by atoms with Crippen molar-refractivity contribution in [1.82, 2.24) is 30.4 Å². The third-order valence-electron chi connectivity index (χ3n) is 3.88. The topological polar surface area (TPSA) is 104 Å². The molecule has 0 spiro atoms. The Bertz CT molecular complexity index is 700. The summed E-state index contributed by atoms with van der Waals surface area (Å²) in [6, 6.07) is 1.57. The molecule has 0 unspecified atom stereocenters. The summed E-state index contributed by atoms with van der Waals surface area (Å²) in [4.78, 5) is 34.1. The van der Waals surface area contributed by atoms with Crippen LogP contribution in [0.1, 0.15) is 47.7 Å². The van der Waals surface area contributed by atoms with Gasteiger partial charge in [0.2, 0.25) is 5.91 Å². The molecule has 0 aromatic carbocycles. The zero-order valence-electron chi connectivity index (χ0n) is 12.8. The van der Waals surface area contributed by atoms with E-state index < -0.39 is 0 Å². The van der Waals surface area contributed by atoms with Crippen LogP contribution in [-0.4, -0.2) is 43.4 Å². The minimum Gasteiger partial charge on any atom is -0.345 e. The third-order valence-corrected chi connectivity index (χ3v) is 3.88. The number of aromatic nitrogens is 4. The first-order chi connectivity index (χ1) is 11.1. The van der Waals surface area contributed by atoms with Crippen molar-refractivity contribution in [1.29, 1.82) is 0 Å². The van der Waals surface area contributed by atoms with Crippen molar-refractivity contribution >= 4 is 11.8 Å². The summed E-state index contributed by atoms with van der Waals surface area (Å²) >= 11 is 0. The summed E-state index contributed by atoms with van der Waals surface area (Å²) in [5, 5.41) is 9.10. The SMILES string of the molecule is CC(=O)N1CCC[C@@H]1c1cncc(CNC(=O)c2ccn[nH]2)n1. The van der Waals surface area contributed by atoms with E-state index in [1.54, 1.807) is 25.4 Å². The Hall–Kier alpha value is -2.77. The van der Waals surface area contributed by atoms with E-state index in [-0.39, 0.29) is 24.4 Å². The molecule has 23 heavy (non-hydrogen) atoms. The summed E-state index contributed by atoms with van der Waals surface area (Å²) < 4.78 is 0. The number of rotatable bonds is 4. The molecule has 0 radical (unpaired) electrons. The zero-order valence-corrected chi connectivity index (χ0v) is 12.8. The van der Waals surface area contributed by atoms with Crippen molar-refractivity contribution in [2.75, 3.05) is 6.54 Å². The smallest absolute Gasteiger partial charge is 0.269 e. The van der Waals surface area contributed by atoms with Gasteiger partial charge in [-0.2, -0.15) is 5.10 Å². The van der Waals surface area contributed by atoms with Crippen LogP contribution in [0.4, 0.5) is 0 Å². The predicted octanol–water partition coefficient (Wildman–Crippen LogP) is 0.813. The van der Waals surface area contributed by atoms with Crippen LogP contribution in [0, 0.1) is 0 Å². The molecule has 3 heterocycles. The molecule has 1 aliphatic heterocycles. The highest BCUT2D eigenvalue weighted by Gasteiger charge is 2.29. The van der Waals surface area contributed by atoms with E-state index in [0.717, 1.165) is 25.1 Å². The van der Waals surface area contributed by atoms with E-state index in [1.807, 2.05) is 4.90 Å². The number of amides is 2. The second kappa shape index (κ2) is 6.55. The van der Waals surface area contributed by atoms with Crippen LogP contribution in [0.2, 0.25) is 0 Å². The first kappa shape index (κ1) is 15.1. The second-order valence-corrected chi connectivity index (χ2v) is 5.46. The molecule has 8 nitrogen and oxygen atoms in total. The van der Waals surface area contributed by atoms with Crippen LogP contribution in [0.25, 0.3) is 0 Å². The highest BCUT2D eigenvalue weighted by atomic mass is 16.2. The van der Waals surface area contributed by atoms with E-state index in [1.165, 1.54) is 6.20 Å². The quantitative estimate of drug-likeness (QED) is 0.869. The highest BCUT2D eigenvalue weighted by Crippen LogP contribution is 2.30. The van der Waals surface area contributed by atoms with Crippen LogP contribution in [-0.2, 0) is 11.3 Å². The van der Waals surface area contributed by atoms with Gasteiger partial charge in [-0.3, -0.25) is 24.7 Å². The summed E-state index contributed by atoms with van der Waals surface area (Å²) in [5.74, 6) is -0.201. The van der Waals surface area contributed by atoms with E-state index >= 15 is 0 Å². The van der Waals surface area contributed by atoms with Gasteiger partial charge in [-0.1, -0.05) is 0 Å². The molecule has 1 saturated heterocycles. The van der Waals surface area contributed by atoms with E-state index in [4.69, 9.17) is 0 Å². The Morgan fingerprint density at radius 3 is 3.04 bits per heavy atom. The number of carbonyl (C=O) groups excluding carboxylic acids is 2. The van der Waals surface area contributed by atoms with E-state index in [2.05, 4.69) is 25.5 Å². The standard InChI is InChI=1S/C15H18N6O2/c1-10(22)21-6-2-3-14(21)13-9-16-7-11(19-13)8-17-15(23)12-4-5-18-20-12/h4-5,7,9,14H,2-3,6,8H2,1H3,(H,17,23)(H,18,20)/t14-/m1/s1. The average Bonchev–Trinajstić information content (AvgIpc) is 3.23. The molecule has 8 heteroatoms. The lowest BCUT2D eigenvalue weighted by Gasteiger charge is -2.22. The summed E-state index contributed by atoms with van der Waals surface area (Å²) in [5.41, 5.74) is 1.82. The lowest BCUT2D eigenvalue weighted by Crippen LogP contribution is -2.29. The Morgan fingerprint density at radius 2 is 2.30 bits per heavy atom. The third kappa shape index (κ3) is 3.36. The molecule has 120 valence electrons. The number of aromatic amines is 1. The van der Waals surface area contributed by atoms with Crippen LogP contribution in [0.5, 0.6) is 0 Å². The van der Waals surface area contributed by atoms with Crippen molar-refractivity contribution in [3.63, 3.8) is 0 Å². The molecular weight excluding hydrogens is 296 g/mol. The molecular formula is C15H18N6O2. The Balaban J connectivity index is 1.68. The summed E-state index contributed by atoms with van der Waals surface area (Å²) in [7, 11) is 0. The number of H-pyrrole nitrogens is 1. The normalized spacial score (nSPS) is 17.3. The molecule has 2 amide bonds. The van der Waals surface area contributed by atoms with Crippen LogP contribution >= 0.6 is 0 Å². The van der Waals surface area contributed by atoms with Gasteiger partial charge in [-0.15, -0.1) is 0 Å². The zero-order chi connectivity index (χ0) is 16.2.